The second-order valence-corrected chi connectivity index (χ2v) is 4.08. The average molecular weight is 185 g/mol. The first kappa shape index (κ1) is 10.5. The summed E-state index contributed by atoms with van der Waals surface area (Å²) in [6.07, 6.45) is 0. The van der Waals surface area contributed by atoms with Crippen molar-refractivity contribution in [3.63, 3.8) is 0 Å². The zero-order valence-corrected chi connectivity index (χ0v) is 8.68. The van der Waals surface area contributed by atoms with Crippen LogP contribution in [0, 0.1) is 0 Å². The molecule has 13 heavy (non-hydrogen) atoms. The Hall–Kier alpha value is -0.610. The fraction of sp³-hybridized carbons (Fsp3) is 0.889. The van der Waals surface area contributed by atoms with Gasteiger partial charge >= 0.3 is 0 Å². The fourth-order valence-corrected chi connectivity index (χ4v) is 1.57. The molecule has 0 aromatic heterocycles. The Morgan fingerprint density at radius 1 is 1.62 bits per heavy atom. The van der Waals surface area contributed by atoms with Gasteiger partial charge in [-0.05, 0) is 13.8 Å². The van der Waals surface area contributed by atoms with Crippen LogP contribution >= 0.6 is 0 Å². The zero-order valence-electron chi connectivity index (χ0n) is 8.68. The number of hydrogen-bond donors (Lipinski definition) is 2. The summed E-state index contributed by atoms with van der Waals surface area (Å²) in [4.78, 5) is 13.4. The number of piperazine rings is 1. The summed E-state index contributed by atoms with van der Waals surface area (Å²) in [6, 6.07) is 0. The van der Waals surface area contributed by atoms with Gasteiger partial charge in [-0.2, -0.15) is 0 Å². The normalized spacial score (nSPS) is 22.7. The molecule has 1 amide bonds. The van der Waals surface area contributed by atoms with Gasteiger partial charge in [0.15, 0.2) is 0 Å². The summed E-state index contributed by atoms with van der Waals surface area (Å²) in [5.74, 6) is 0.0926. The molecule has 1 fully saturated rings. The summed E-state index contributed by atoms with van der Waals surface area (Å²) in [6.45, 7) is 7.68. The number of carbonyl (C=O) groups excluding carboxylic acids is 1. The molecule has 76 valence electrons. The van der Waals surface area contributed by atoms with Crippen LogP contribution in [0.1, 0.15) is 13.8 Å². The average Bonchev–Trinajstić information content (AvgIpc) is 2.08. The maximum Gasteiger partial charge on any atom is 0.233 e. The van der Waals surface area contributed by atoms with E-state index in [0.717, 1.165) is 19.6 Å². The Kier molecular flexibility index (Phi) is 3.27. The molecular weight excluding hydrogens is 166 g/mol. The third kappa shape index (κ3) is 2.67. The maximum atomic E-state index is 11.2. The van der Waals surface area contributed by atoms with Crippen LogP contribution in [0.2, 0.25) is 0 Å². The van der Waals surface area contributed by atoms with Crippen LogP contribution in [0.4, 0.5) is 0 Å². The SMILES string of the molecule is CNC(=O)CN1CCNCC1(C)C. The number of nitrogens with one attached hydrogen (secondary N) is 2. The molecule has 1 saturated heterocycles. The number of nitrogens with zero attached hydrogens (tertiary/aromatic N) is 1. The van der Waals surface area contributed by atoms with Gasteiger partial charge in [-0.15, -0.1) is 0 Å². The molecule has 0 unspecified atom stereocenters. The minimum absolute atomic E-state index is 0.0881. The van der Waals surface area contributed by atoms with E-state index in [9.17, 15) is 4.79 Å². The predicted molar refractivity (Wildman–Crippen MR) is 52.6 cm³/mol. The second-order valence-electron chi connectivity index (χ2n) is 4.08. The first-order valence-corrected chi connectivity index (χ1v) is 4.72. The molecule has 1 heterocycles. The summed E-state index contributed by atoms with van der Waals surface area (Å²) in [5.41, 5.74) is 0.0881. The van der Waals surface area contributed by atoms with Gasteiger partial charge in [0.2, 0.25) is 5.91 Å². The van der Waals surface area contributed by atoms with Gasteiger partial charge in [0, 0.05) is 32.2 Å². The van der Waals surface area contributed by atoms with Crippen LogP contribution in [-0.2, 0) is 4.79 Å². The molecule has 1 aliphatic rings. The highest BCUT2D eigenvalue weighted by atomic mass is 16.1. The van der Waals surface area contributed by atoms with E-state index in [4.69, 9.17) is 0 Å². The minimum atomic E-state index is 0.0881. The van der Waals surface area contributed by atoms with E-state index in [-0.39, 0.29) is 11.4 Å². The highest BCUT2D eigenvalue weighted by Crippen LogP contribution is 2.14. The lowest BCUT2D eigenvalue weighted by Gasteiger charge is -2.42. The van der Waals surface area contributed by atoms with Crippen molar-refractivity contribution >= 4 is 5.91 Å². The number of hydrogen-bond acceptors (Lipinski definition) is 3. The van der Waals surface area contributed by atoms with E-state index in [1.807, 2.05) is 0 Å². The standard InChI is InChI=1S/C9H19N3O/c1-9(2)7-11-4-5-12(9)6-8(13)10-3/h11H,4-7H2,1-3H3,(H,10,13). The molecule has 2 N–H and O–H groups in total. The van der Waals surface area contributed by atoms with Crippen molar-refractivity contribution in [2.45, 2.75) is 19.4 Å². The molecule has 0 aromatic carbocycles. The zero-order chi connectivity index (χ0) is 9.90. The van der Waals surface area contributed by atoms with Crippen molar-refractivity contribution in [1.82, 2.24) is 15.5 Å². The molecular formula is C9H19N3O. The number of rotatable bonds is 2. The summed E-state index contributed by atoms with van der Waals surface area (Å²) >= 11 is 0. The first-order chi connectivity index (χ1) is 6.06. The van der Waals surface area contributed by atoms with Gasteiger partial charge in [0.1, 0.15) is 0 Å². The summed E-state index contributed by atoms with van der Waals surface area (Å²) in [5, 5.41) is 5.97. The van der Waals surface area contributed by atoms with E-state index >= 15 is 0 Å². The van der Waals surface area contributed by atoms with Crippen LogP contribution in [0.15, 0.2) is 0 Å². The lowest BCUT2D eigenvalue weighted by molar-refractivity contribution is -0.123. The second kappa shape index (κ2) is 4.07. The van der Waals surface area contributed by atoms with Crippen molar-refractivity contribution in [3.8, 4) is 0 Å². The maximum absolute atomic E-state index is 11.2. The number of carbonyl (C=O) groups is 1. The predicted octanol–water partition coefficient (Wildman–Crippen LogP) is -0.584. The van der Waals surface area contributed by atoms with E-state index in [1.165, 1.54) is 0 Å². The molecule has 0 aliphatic carbocycles. The topological polar surface area (TPSA) is 44.4 Å². The van der Waals surface area contributed by atoms with E-state index in [0.29, 0.717) is 6.54 Å². The van der Waals surface area contributed by atoms with Crippen molar-refractivity contribution in [1.29, 1.82) is 0 Å². The third-order valence-corrected chi connectivity index (χ3v) is 2.59. The van der Waals surface area contributed by atoms with Gasteiger partial charge in [-0.25, -0.2) is 0 Å². The summed E-state index contributed by atoms with van der Waals surface area (Å²) in [7, 11) is 1.68. The van der Waals surface area contributed by atoms with Crippen molar-refractivity contribution in [2.24, 2.45) is 0 Å². The van der Waals surface area contributed by atoms with Crippen LogP contribution in [0.3, 0.4) is 0 Å². The minimum Gasteiger partial charge on any atom is -0.358 e. The smallest absolute Gasteiger partial charge is 0.233 e. The quantitative estimate of drug-likeness (QED) is 0.605. The molecule has 0 aromatic rings. The Balaban J connectivity index is 2.51. The monoisotopic (exact) mass is 185 g/mol. The van der Waals surface area contributed by atoms with Gasteiger partial charge in [0.25, 0.3) is 0 Å². The van der Waals surface area contributed by atoms with Gasteiger partial charge in [0.05, 0.1) is 6.54 Å². The molecule has 0 spiro atoms. The van der Waals surface area contributed by atoms with Gasteiger partial charge in [-0.3, -0.25) is 9.69 Å². The molecule has 0 radical (unpaired) electrons. The molecule has 4 heteroatoms. The van der Waals surface area contributed by atoms with Crippen LogP contribution in [0.5, 0.6) is 0 Å². The molecule has 4 nitrogen and oxygen atoms in total. The van der Waals surface area contributed by atoms with E-state index in [2.05, 4.69) is 29.4 Å². The fourth-order valence-electron chi connectivity index (χ4n) is 1.57. The Labute approximate surface area is 79.7 Å². The van der Waals surface area contributed by atoms with Crippen molar-refractivity contribution in [2.75, 3.05) is 33.2 Å². The molecule has 0 atom stereocenters. The summed E-state index contributed by atoms with van der Waals surface area (Å²) < 4.78 is 0. The largest absolute Gasteiger partial charge is 0.358 e. The number of amides is 1. The molecule has 0 saturated carbocycles. The molecule has 1 rings (SSSR count). The van der Waals surface area contributed by atoms with Gasteiger partial charge < -0.3 is 10.6 Å². The third-order valence-electron chi connectivity index (χ3n) is 2.59. The Bertz CT molecular complexity index is 191. The lowest BCUT2D eigenvalue weighted by atomic mass is 10.0. The molecule has 0 bridgehead atoms. The van der Waals surface area contributed by atoms with E-state index in [1.54, 1.807) is 7.05 Å². The molecule has 1 aliphatic heterocycles. The van der Waals surface area contributed by atoms with E-state index < -0.39 is 0 Å². The van der Waals surface area contributed by atoms with Crippen LogP contribution < -0.4 is 10.6 Å². The Morgan fingerprint density at radius 3 is 2.85 bits per heavy atom. The van der Waals surface area contributed by atoms with Gasteiger partial charge in [-0.1, -0.05) is 0 Å². The Morgan fingerprint density at radius 2 is 2.31 bits per heavy atom. The highest BCUT2D eigenvalue weighted by molar-refractivity contribution is 5.77. The highest BCUT2D eigenvalue weighted by Gasteiger charge is 2.30. The van der Waals surface area contributed by atoms with Crippen molar-refractivity contribution in [3.05, 3.63) is 0 Å². The lowest BCUT2D eigenvalue weighted by Crippen LogP contribution is -2.59. The van der Waals surface area contributed by atoms with Crippen LogP contribution in [0.25, 0.3) is 0 Å². The van der Waals surface area contributed by atoms with Crippen molar-refractivity contribution < 1.29 is 4.79 Å². The first-order valence-electron chi connectivity index (χ1n) is 4.72. The van der Waals surface area contributed by atoms with Crippen LogP contribution in [-0.4, -0.2) is 49.6 Å². The number of likely N-dealkylation sites (N-methyl/N-ethyl adjacent to an activating group) is 1.